The molecule has 1 aliphatic rings. The second-order valence-electron chi connectivity index (χ2n) is 7.30. The summed E-state index contributed by atoms with van der Waals surface area (Å²) in [6, 6.07) is 9.14. The molecular formula is C17H24N2OSi. The highest BCUT2D eigenvalue weighted by molar-refractivity contribution is 6.78. The molecule has 2 heterocycles. The molecule has 1 fully saturated rings. The third kappa shape index (κ3) is 2.90. The molecule has 1 unspecified atom stereocenters. The monoisotopic (exact) mass is 300 g/mol. The predicted octanol–water partition coefficient (Wildman–Crippen LogP) is 4.00. The Hall–Kier alpha value is -1.55. The first kappa shape index (κ1) is 14.4. The van der Waals surface area contributed by atoms with Crippen molar-refractivity contribution in [2.45, 2.75) is 51.5 Å². The molecule has 0 radical (unpaired) electrons. The largest absolute Gasteiger partial charge is 0.351 e. The number of aryl methyl sites for hydroxylation is 2. The van der Waals surface area contributed by atoms with Crippen molar-refractivity contribution in [1.29, 1.82) is 0 Å². The van der Waals surface area contributed by atoms with Gasteiger partial charge in [-0.05, 0) is 49.6 Å². The molecule has 1 aromatic heterocycles. The summed E-state index contributed by atoms with van der Waals surface area (Å²) in [6.45, 7) is 9.00. The van der Waals surface area contributed by atoms with Gasteiger partial charge in [-0.25, -0.2) is 0 Å². The van der Waals surface area contributed by atoms with Crippen molar-refractivity contribution in [3.63, 3.8) is 0 Å². The van der Waals surface area contributed by atoms with Gasteiger partial charge in [-0.3, -0.25) is 4.79 Å². The molecule has 0 aliphatic carbocycles. The Labute approximate surface area is 127 Å². The van der Waals surface area contributed by atoms with Crippen LogP contribution in [0.4, 0.5) is 0 Å². The molecule has 0 bridgehead atoms. The van der Waals surface area contributed by atoms with E-state index in [-0.39, 0.29) is 5.91 Å². The highest BCUT2D eigenvalue weighted by Crippen LogP contribution is 2.30. The third-order valence-corrected chi connectivity index (χ3v) is 7.88. The highest BCUT2D eigenvalue weighted by atomic mass is 28.3. The Morgan fingerprint density at radius 3 is 2.71 bits per heavy atom. The van der Waals surface area contributed by atoms with E-state index in [1.54, 1.807) is 0 Å². The van der Waals surface area contributed by atoms with Crippen LogP contribution in [0.5, 0.6) is 0 Å². The van der Waals surface area contributed by atoms with Crippen LogP contribution in [-0.4, -0.2) is 25.0 Å². The highest BCUT2D eigenvalue weighted by Gasteiger charge is 2.33. The van der Waals surface area contributed by atoms with Gasteiger partial charge in [0.05, 0.1) is 0 Å². The van der Waals surface area contributed by atoms with E-state index in [0.717, 1.165) is 17.3 Å². The van der Waals surface area contributed by atoms with E-state index >= 15 is 0 Å². The maximum atomic E-state index is 12.5. The van der Waals surface area contributed by atoms with Gasteiger partial charge in [0.2, 0.25) is 0 Å². The fraction of sp³-hybridized carbons (Fsp3) is 0.471. The van der Waals surface area contributed by atoms with Crippen molar-refractivity contribution in [3.05, 3.63) is 35.0 Å². The van der Waals surface area contributed by atoms with Gasteiger partial charge in [0, 0.05) is 25.0 Å². The molecular weight excluding hydrogens is 276 g/mol. The maximum absolute atomic E-state index is 12.5. The molecule has 1 aliphatic heterocycles. The minimum absolute atomic E-state index is 0.0416. The maximum Gasteiger partial charge on any atom is 0.267 e. The zero-order valence-electron chi connectivity index (χ0n) is 13.3. The number of benzene rings is 1. The van der Waals surface area contributed by atoms with E-state index in [1.165, 1.54) is 23.2 Å². The average molecular weight is 300 g/mol. The molecule has 1 aromatic carbocycles. The van der Waals surface area contributed by atoms with Gasteiger partial charge < -0.3 is 10.3 Å². The summed E-state index contributed by atoms with van der Waals surface area (Å²) in [4.78, 5) is 15.7. The topological polar surface area (TPSA) is 44.9 Å². The van der Waals surface area contributed by atoms with Gasteiger partial charge in [-0.15, -0.1) is 0 Å². The van der Waals surface area contributed by atoms with Crippen molar-refractivity contribution in [2.75, 3.05) is 0 Å². The van der Waals surface area contributed by atoms with Gasteiger partial charge in [-0.2, -0.15) is 0 Å². The first-order chi connectivity index (χ1) is 9.84. The normalized spacial score (nSPS) is 20.9. The van der Waals surface area contributed by atoms with E-state index in [0.29, 0.717) is 11.7 Å². The van der Waals surface area contributed by atoms with Crippen molar-refractivity contribution >= 4 is 24.9 Å². The van der Waals surface area contributed by atoms with E-state index in [4.69, 9.17) is 0 Å². The molecule has 0 spiro atoms. The summed E-state index contributed by atoms with van der Waals surface area (Å²) in [7, 11) is -1.04. The fourth-order valence-electron chi connectivity index (χ4n) is 3.54. The molecule has 3 nitrogen and oxygen atoms in total. The molecule has 1 atom stereocenters. The standard InChI is InChI=1S/C17H24N2OSi/c1-11-7-12(2)14-9-16(19-15(14)8-11)17(20)18-13-5-6-21(3,4)10-13/h7-9,13,19H,5-6,10H2,1-4H3,(H,18,20). The second kappa shape index (κ2) is 5.02. The Morgan fingerprint density at radius 2 is 2.05 bits per heavy atom. The van der Waals surface area contributed by atoms with E-state index in [9.17, 15) is 4.79 Å². The number of nitrogens with one attached hydrogen (secondary N) is 2. The molecule has 2 N–H and O–H groups in total. The Bertz CT molecular complexity index is 702. The molecule has 2 aromatic rings. The summed E-state index contributed by atoms with van der Waals surface area (Å²) < 4.78 is 0. The van der Waals surface area contributed by atoms with Crippen molar-refractivity contribution in [2.24, 2.45) is 0 Å². The van der Waals surface area contributed by atoms with Gasteiger partial charge in [0.15, 0.2) is 0 Å². The molecule has 4 heteroatoms. The lowest BCUT2D eigenvalue weighted by Gasteiger charge is -2.15. The van der Waals surface area contributed by atoms with Gasteiger partial charge in [0.25, 0.3) is 5.91 Å². The quantitative estimate of drug-likeness (QED) is 0.809. The minimum atomic E-state index is -1.04. The Kier molecular flexibility index (Phi) is 3.44. The van der Waals surface area contributed by atoms with Crippen LogP contribution < -0.4 is 5.32 Å². The van der Waals surface area contributed by atoms with Crippen molar-refractivity contribution in [1.82, 2.24) is 10.3 Å². The number of hydrogen-bond acceptors (Lipinski definition) is 1. The fourth-order valence-corrected chi connectivity index (χ4v) is 6.52. The van der Waals surface area contributed by atoms with Crippen molar-refractivity contribution < 1.29 is 4.79 Å². The van der Waals surface area contributed by atoms with Crippen LogP contribution in [0.25, 0.3) is 10.9 Å². The zero-order valence-corrected chi connectivity index (χ0v) is 14.3. The summed E-state index contributed by atoms with van der Waals surface area (Å²) in [5, 5.41) is 4.36. The number of amides is 1. The summed E-state index contributed by atoms with van der Waals surface area (Å²) in [5.74, 6) is 0.0416. The van der Waals surface area contributed by atoms with Crippen LogP contribution >= 0.6 is 0 Å². The van der Waals surface area contributed by atoms with Gasteiger partial charge >= 0.3 is 0 Å². The Morgan fingerprint density at radius 1 is 1.29 bits per heavy atom. The van der Waals surface area contributed by atoms with E-state index in [1.807, 2.05) is 6.07 Å². The number of aromatic nitrogens is 1. The first-order valence-corrected chi connectivity index (χ1v) is 11.2. The predicted molar refractivity (Wildman–Crippen MR) is 90.7 cm³/mol. The Balaban J connectivity index is 1.81. The van der Waals surface area contributed by atoms with Crippen molar-refractivity contribution in [3.8, 4) is 0 Å². The summed E-state index contributed by atoms with van der Waals surface area (Å²) >= 11 is 0. The number of carbonyl (C=O) groups excluding carboxylic acids is 1. The summed E-state index contributed by atoms with van der Waals surface area (Å²) in [6.07, 6.45) is 1.14. The molecule has 3 rings (SSSR count). The van der Waals surface area contributed by atoms with Crippen LogP contribution in [-0.2, 0) is 0 Å². The molecule has 21 heavy (non-hydrogen) atoms. The van der Waals surface area contributed by atoms with Crippen LogP contribution in [0, 0.1) is 13.8 Å². The summed E-state index contributed by atoms with van der Waals surface area (Å²) in [5.41, 5.74) is 4.18. The number of hydrogen-bond donors (Lipinski definition) is 2. The average Bonchev–Trinajstić information content (AvgIpc) is 2.93. The number of H-pyrrole nitrogens is 1. The third-order valence-electron chi connectivity index (χ3n) is 4.64. The van der Waals surface area contributed by atoms with E-state index < -0.39 is 8.07 Å². The SMILES string of the molecule is Cc1cc(C)c2cc(C(=O)NC3CC[Si](C)(C)C3)[nH]c2c1. The molecule has 0 saturated carbocycles. The molecule has 1 amide bonds. The minimum Gasteiger partial charge on any atom is -0.351 e. The number of carbonyl (C=O) groups is 1. The lowest BCUT2D eigenvalue weighted by atomic mass is 10.1. The number of fused-ring (bicyclic) bond motifs is 1. The van der Waals surface area contributed by atoms with Crippen LogP contribution in [0.2, 0.25) is 25.2 Å². The van der Waals surface area contributed by atoms with Crippen LogP contribution in [0.15, 0.2) is 18.2 Å². The lowest BCUT2D eigenvalue weighted by Crippen LogP contribution is -2.34. The zero-order chi connectivity index (χ0) is 15.2. The number of aromatic amines is 1. The van der Waals surface area contributed by atoms with Gasteiger partial charge in [0.1, 0.15) is 5.69 Å². The molecule has 112 valence electrons. The lowest BCUT2D eigenvalue weighted by molar-refractivity contribution is 0.0936. The van der Waals surface area contributed by atoms with Gasteiger partial charge in [-0.1, -0.05) is 25.2 Å². The smallest absolute Gasteiger partial charge is 0.267 e. The van der Waals surface area contributed by atoms with Crippen LogP contribution in [0.1, 0.15) is 28.0 Å². The van der Waals surface area contributed by atoms with Crippen LogP contribution in [0.3, 0.4) is 0 Å². The molecule has 1 saturated heterocycles. The first-order valence-electron chi connectivity index (χ1n) is 7.75. The number of rotatable bonds is 2. The second-order valence-corrected chi connectivity index (χ2v) is 12.5. The van der Waals surface area contributed by atoms with E-state index in [2.05, 4.69) is 49.4 Å².